The smallest absolute Gasteiger partial charge is 0.177 e. The highest BCUT2D eigenvalue weighted by molar-refractivity contribution is 7.94. The average Bonchev–Trinajstić information content (AvgIpc) is 2.90. The van der Waals surface area contributed by atoms with Gasteiger partial charge in [0, 0.05) is 30.6 Å². The van der Waals surface area contributed by atoms with Gasteiger partial charge >= 0.3 is 0 Å². The van der Waals surface area contributed by atoms with Crippen LogP contribution in [0.25, 0.3) is 0 Å². The highest BCUT2D eigenvalue weighted by atomic mass is 32.2. The standard InChI is InChI=1S/C16H21N3O2S/c1-16(2)8-13(12(10-17)11-18)15(22(3,20)21)14(9-16)19-6-4-5-7-19/h4-9H2,1-3H3. The van der Waals surface area contributed by atoms with Gasteiger partial charge in [-0.3, -0.25) is 0 Å². The summed E-state index contributed by atoms with van der Waals surface area (Å²) in [6.07, 6.45) is 4.35. The van der Waals surface area contributed by atoms with Crippen LogP contribution in [0.3, 0.4) is 0 Å². The zero-order valence-electron chi connectivity index (χ0n) is 13.3. The molecule has 0 amide bonds. The van der Waals surface area contributed by atoms with Gasteiger partial charge in [0.1, 0.15) is 17.7 Å². The van der Waals surface area contributed by atoms with Crippen molar-refractivity contribution in [2.75, 3.05) is 19.3 Å². The highest BCUT2D eigenvalue weighted by Gasteiger charge is 2.38. The van der Waals surface area contributed by atoms with Gasteiger partial charge in [-0.2, -0.15) is 10.5 Å². The summed E-state index contributed by atoms with van der Waals surface area (Å²) in [5.74, 6) is 0. The first-order valence-electron chi connectivity index (χ1n) is 7.41. The minimum absolute atomic E-state index is 0.0788. The third-order valence-corrected chi connectivity index (χ3v) is 5.45. The van der Waals surface area contributed by atoms with Crippen molar-refractivity contribution < 1.29 is 8.42 Å². The van der Waals surface area contributed by atoms with Gasteiger partial charge in [0.25, 0.3) is 0 Å². The summed E-state index contributed by atoms with van der Waals surface area (Å²) in [6, 6.07) is 3.75. The molecule has 0 aromatic heterocycles. The van der Waals surface area contributed by atoms with Crippen LogP contribution in [0.15, 0.2) is 21.7 Å². The topological polar surface area (TPSA) is 85.0 Å². The molecular weight excluding hydrogens is 298 g/mol. The number of nitrogens with zero attached hydrogens (tertiary/aromatic N) is 3. The molecule has 0 bridgehead atoms. The fourth-order valence-electron chi connectivity index (χ4n) is 3.37. The molecule has 2 aliphatic rings. The van der Waals surface area contributed by atoms with E-state index < -0.39 is 9.84 Å². The molecule has 2 rings (SSSR count). The Balaban J connectivity index is 2.77. The molecule has 1 aliphatic carbocycles. The first kappa shape index (κ1) is 16.6. The SMILES string of the molecule is CC1(C)CC(=C(C#N)C#N)C(S(C)(=O)=O)=C(N2CCCC2)C1. The minimum atomic E-state index is -3.50. The maximum absolute atomic E-state index is 12.4. The molecule has 1 fully saturated rings. The van der Waals surface area contributed by atoms with Crippen molar-refractivity contribution in [3.05, 3.63) is 21.7 Å². The molecule has 0 spiro atoms. The van der Waals surface area contributed by atoms with Crippen molar-refractivity contribution in [3.8, 4) is 12.1 Å². The second-order valence-corrected chi connectivity index (χ2v) is 8.79. The number of allylic oxidation sites excluding steroid dienone is 3. The van der Waals surface area contributed by atoms with E-state index in [4.69, 9.17) is 0 Å². The molecule has 6 heteroatoms. The zero-order chi connectivity index (χ0) is 16.5. The summed E-state index contributed by atoms with van der Waals surface area (Å²) in [7, 11) is -3.50. The summed E-state index contributed by atoms with van der Waals surface area (Å²) in [6.45, 7) is 5.78. The molecule has 0 saturated carbocycles. The molecule has 0 unspecified atom stereocenters. The van der Waals surface area contributed by atoms with Gasteiger partial charge in [0.2, 0.25) is 0 Å². The second kappa shape index (κ2) is 5.78. The summed E-state index contributed by atoms with van der Waals surface area (Å²) < 4.78 is 24.7. The van der Waals surface area contributed by atoms with Crippen molar-refractivity contribution >= 4 is 9.84 Å². The van der Waals surface area contributed by atoms with Crippen LogP contribution < -0.4 is 0 Å². The lowest BCUT2D eigenvalue weighted by Gasteiger charge is -2.38. The molecule has 0 aromatic rings. The van der Waals surface area contributed by atoms with E-state index in [9.17, 15) is 18.9 Å². The molecule has 0 N–H and O–H groups in total. The van der Waals surface area contributed by atoms with Crippen LogP contribution in [0.2, 0.25) is 0 Å². The van der Waals surface area contributed by atoms with E-state index in [1.165, 1.54) is 6.26 Å². The number of likely N-dealkylation sites (tertiary alicyclic amines) is 1. The van der Waals surface area contributed by atoms with E-state index in [1.807, 2.05) is 12.1 Å². The van der Waals surface area contributed by atoms with Crippen LogP contribution in [-0.2, 0) is 9.84 Å². The Bertz CT molecular complexity index is 708. The molecule has 1 heterocycles. The predicted octanol–water partition coefficient (Wildman–Crippen LogP) is 2.50. The monoisotopic (exact) mass is 319 g/mol. The third-order valence-electron chi connectivity index (χ3n) is 4.22. The van der Waals surface area contributed by atoms with E-state index in [0.29, 0.717) is 18.4 Å². The van der Waals surface area contributed by atoms with Gasteiger partial charge in [0.05, 0.1) is 4.91 Å². The molecule has 1 saturated heterocycles. The summed E-state index contributed by atoms with van der Waals surface area (Å²) >= 11 is 0. The Kier molecular flexibility index (Phi) is 4.35. The van der Waals surface area contributed by atoms with Crippen molar-refractivity contribution in [2.45, 2.75) is 39.5 Å². The van der Waals surface area contributed by atoms with Crippen LogP contribution in [0.5, 0.6) is 0 Å². The molecular formula is C16H21N3O2S. The fourth-order valence-corrected chi connectivity index (χ4v) is 4.62. The number of nitriles is 2. The number of rotatable bonds is 2. The van der Waals surface area contributed by atoms with Gasteiger partial charge in [-0.1, -0.05) is 13.8 Å². The van der Waals surface area contributed by atoms with E-state index in [2.05, 4.69) is 18.7 Å². The molecule has 22 heavy (non-hydrogen) atoms. The van der Waals surface area contributed by atoms with Crippen molar-refractivity contribution in [3.63, 3.8) is 0 Å². The lowest BCUT2D eigenvalue weighted by molar-refractivity contribution is 0.288. The molecule has 1 aliphatic heterocycles. The molecule has 0 atom stereocenters. The van der Waals surface area contributed by atoms with E-state index in [0.717, 1.165) is 31.6 Å². The van der Waals surface area contributed by atoms with Crippen molar-refractivity contribution in [1.29, 1.82) is 10.5 Å². The zero-order valence-corrected chi connectivity index (χ0v) is 14.1. The average molecular weight is 319 g/mol. The highest BCUT2D eigenvalue weighted by Crippen LogP contribution is 2.46. The lowest BCUT2D eigenvalue weighted by atomic mass is 9.75. The number of hydrogen-bond donors (Lipinski definition) is 0. The normalized spacial score (nSPS) is 21.5. The van der Waals surface area contributed by atoms with Gasteiger partial charge in [0.15, 0.2) is 9.84 Å². The van der Waals surface area contributed by atoms with Crippen LogP contribution in [0.4, 0.5) is 0 Å². The Morgan fingerprint density at radius 1 is 1.14 bits per heavy atom. The quantitative estimate of drug-likeness (QED) is 0.730. The summed E-state index contributed by atoms with van der Waals surface area (Å²) in [5.41, 5.74) is 0.935. The van der Waals surface area contributed by atoms with Gasteiger partial charge in [-0.15, -0.1) is 0 Å². The first-order valence-corrected chi connectivity index (χ1v) is 9.30. The Hall–Kier alpha value is -1.79. The predicted molar refractivity (Wildman–Crippen MR) is 83.9 cm³/mol. The third kappa shape index (κ3) is 3.18. The Labute approximate surface area is 132 Å². The Morgan fingerprint density at radius 3 is 2.14 bits per heavy atom. The van der Waals surface area contributed by atoms with Crippen LogP contribution >= 0.6 is 0 Å². The van der Waals surface area contributed by atoms with Gasteiger partial charge in [-0.05, 0) is 31.1 Å². The van der Waals surface area contributed by atoms with Crippen molar-refractivity contribution in [2.24, 2.45) is 5.41 Å². The maximum atomic E-state index is 12.4. The van der Waals surface area contributed by atoms with E-state index in [-0.39, 0.29) is 15.9 Å². The van der Waals surface area contributed by atoms with E-state index >= 15 is 0 Å². The minimum Gasteiger partial charge on any atom is -0.374 e. The van der Waals surface area contributed by atoms with Gasteiger partial charge < -0.3 is 4.90 Å². The van der Waals surface area contributed by atoms with Crippen molar-refractivity contribution in [1.82, 2.24) is 4.90 Å². The van der Waals surface area contributed by atoms with Gasteiger partial charge in [-0.25, -0.2) is 8.42 Å². The maximum Gasteiger partial charge on any atom is 0.177 e. The van der Waals surface area contributed by atoms with Crippen LogP contribution in [0.1, 0.15) is 39.5 Å². The molecule has 118 valence electrons. The fraction of sp³-hybridized carbons (Fsp3) is 0.625. The molecule has 0 radical (unpaired) electrons. The van der Waals surface area contributed by atoms with E-state index in [1.54, 1.807) is 0 Å². The first-order chi connectivity index (χ1) is 10.2. The second-order valence-electron chi connectivity index (χ2n) is 6.84. The largest absolute Gasteiger partial charge is 0.374 e. The Morgan fingerprint density at radius 2 is 1.68 bits per heavy atom. The summed E-state index contributed by atoms with van der Waals surface area (Å²) in [5, 5.41) is 18.4. The lowest BCUT2D eigenvalue weighted by Crippen LogP contribution is -2.32. The van der Waals surface area contributed by atoms with Crippen LogP contribution in [-0.4, -0.2) is 32.7 Å². The van der Waals surface area contributed by atoms with Crippen LogP contribution in [0, 0.1) is 28.1 Å². The summed E-state index contributed by atoms with van der Waals surface area (Å²) in [4.78, 5) is 2.33. The molecule has 5 nitrogen and oxygen atoms in total. The number of hydrogen-bond acceptors (Lipinski definition) is 5. The molecule has 0 aromatic carbocycles. The number of sulfone groups is 1.